The first-order valence-corrected chi connectivity index (χ1v) is 17.2. The molecule has 0 unspecified atom stereocenters. The number of nitrogens with zero attached hydrogens (tertiary/aromatic N) is 4. The number of carbonyl (C=O) groups is 3. The molecule has 0 saturated heterocycles. The number of aliphatic carboxylic acids is 1. The van der Waals surface area contributed by atoms with Crippen molar-refractivity contribution in [3.8, 4) is 28.7 Å². The molecular formula is C38H34N6O7S. The summed E-state index contributed by atoms with van der Waals surface area (Å²) in [7, 11) is 0. The molecule has 0 aliphatic heterocycles. The van der Waals surface area contributed by atoms with Gasteiger partial charge in [0, 0.05) is 34.3 Å². The van der Waals surface area contributed by atoms with Crippen LogP contribution in [0.25, 0.3) is 16.5 Å². The summed E-state index contributed by atoms with van der Waals surface area (Å²) in [5.74, 6) is -0.732. The van der Waals surface area contributed by atoms with Gasteiger partial charge < -0.3 is 30.3 Å². The minimum atomic E-state index is -1.07. The van der Waals surface area contributed by atoms with Crippen LogP contribution in [0.3, 0.4) is 0 Å². The Morgan fingerprint density at radius 1 is 0.865 bits per heavy atom. The summed E-state index contributed by atoms with van der Waals surface area (Å²) in [4.78, 5) is 37.1. The van der Waals surface area contributed by atoms with Crippen LogP contribution >= 0.6 is 11.8 Å². The second-order valence-electron chi connectivity index (χ2n) is 11.7. The number of tetrazole rings is 1. The summed E-state index contributed by atoms with van der Waals surface area (Å²) in [5.41, 5.74) is 3.87. The van der Waals surface area contributed by atoms with E-state index in [0.717, 1.165) is 16.8 Å². The van der Waals surface area contributed by atoms with Gasteiger partial charge in [-0.15, -0.1) is 5.10 Å². The zero-order chi connectivity index (χ0) is 36.6. The maximum Gasteiger partial charge on any atom is 0.305 e. The number of rotatable bonds is 14. The molecule has 1 aromatic heterocycles. The number of benzene rings is 5. The van der Waals surface area contributed by atoms with Crippen molar-refractivity contribution in [2.24, 2.45) is 0 Å². The van der Waals surface area contributed by atoms with Gasteiger partial charge >= 0.3 is 5.97 Å². The highest BCUT2D eigenvalue weighted by Gasteiger charge is 2.20. The quantitative estimate of drug-likeness (QED) is 0.0911. The van der Waals surface area contributed by atoms with E-state index < -0.39 is 11.9 Å². The van der Waals surface area contributed by atoms with Gasteiger partial charge in [0.2, 0.25) is 5.16 Å². The molecule has 0 saturated carbocycles. The van der Waals surface area contributed by atoms with Gasteiger partial charge in [0.25, 0.3) is 11.8 Å². The predicted molar refractivity (Wildman–Crippen MR) is 195 cm³/mol. The third-order valence-corrected chi connectivity index (χ3v) is 8.87. The second-order valence-corrected chi connectivity index (χ2v) is 12.7. The number of ether oxygens (including phenoxy) is 2. The zero-order valence-corrected chi connectivity index (χ0v) is 29.0. The SMILES string of the molecule is Cc1ccc(OCC(=O)Nc2ccc(Oc3cc(C(=O)NCCC(=O)O)c(O)c4ccccc34)c(CSc3nnnn3-c3ccccc3)c2)c(C)c1. The number of anilines is 1. The average molecular weight is 719 g/mol. The van der Waals surface area contributed by atoms with Crippen LogP contribution in [0, 0.1) is 13.8 Å². The van der Waals surface area contributed by atoms with E-state index in [9.17, 15) is 19.5 Å². The van der Waals surface area contributed by atoms with E-state index in [0.29, 0.717) is 44.4 Å². The van der Waals surface area contributed by atoms with Crippen molar-refractivity contribution in [3.05, 3.63) is 119 Å². The van der Waals surface area contributed by atoms with Gasteiger partial charge in [-0.05, 0) is 72.3 Å². The van der Waals surface area contributed by atoms with Gasteiger partial charge in [-0.25, -0.2) is 0 Å². The number of carboxylic acids is 1. The Balaban J connectivity index is 1.30. The summed E-state index contributed by atoms with van der Waals surface area (Å²) < 4.78 is 13.9. The number of fused-ring (bicyclic) bond motifs is 1. The van der Waals surface area contributed by atoms with E-state index in [4.69, 9.17) is 14.6 Å². The van der Waals surface area contributed by atoms with Crippen molar-refractivity contribution in [1.82, 2.24) is 25.5 Å². The number of aromatic nitrogens is 4. The number of aryl methyl sites for hydroxylation is 2. The number of phenolic OH excluding ortho intramolecular Hbond substituents is 1. The Morgan fingerprint density at radius 3 is 2.38 bits per heavy atom. The Bertz CT molecular complexity index is 2260. The summed E-state index contributed by atoms with van der Waals surface area (Å²) >= 11 is 1.35. The third-order valence-electron chi connectivity index (χ3n) is 7.90. The maximum atomic E-state index is 13.1. The summed E-state index contributed by atoms with van der Waals surface area (Å²) in [5, 5.41) is 39.1. The molecule has 0 fully saturated rings. The Labute approximate surface area is 302 Å². The van der Waals surface area contributed by atoms with Gasteiger partial charge in [-0.3, -0.25) is 14.4 Å². The lowest BCUT2D eigenvalue weighted by Crippen LogP contribution is -2.26. The first-order valence-electron chi connectivity index (χ1n) is 16.2. The fraction of sp³-hybridized carbons (Fsp3) is 0.158. The average Bonchev–Trinajstić information content (AvgIpc) is 3.61. The summed E-state index contributed by atoms with van der Waals surface area (Å²) in [6, 6.07) is 28.7. The molecule has 0 bridgehead atoms. The first-order chi connectivity index (χ1) is 25.2. The monoisotopic (exact) mass is 718 g/mol. The van der Waals surface area contributed by atoms with Crippen molar-refractivity contribution in [2.45, 2.75) is 31.2 Å². The van der Waals surface area contributed by atoms with Crippen molar-refractivity contribution in [3.63, 3.8) is 0 Å². The molecule has 6 rings (SSSR count). The smallest absolute Gasteiger partial charge is 0.305 e. The molecular weight excluding hydrogens is 685 g/mol. The number of hydrogen-bond donors (Lipinski definition) is 4. The third kappa shape index (κ3) is 8.47. The van der Waals surface area contributed by atoms with E-state index in [-0.39, 0.29) is 42.5 Å². The molecule has 0 atom stereocenters. The Morgan fingerprint density at radius 2 is 1.62 bits per heavy atom. The van der Waals surface area contributed by atoms with E-state index in [2.05, 4.69) is 26.2 Å². The van der Waals surface area contributed by atoms with Crippen LogP contribution in [0.5, 0.6) is 23.0 Å². The molecule has 0 radical (unpaired) electrons. The highest BCUT2D eigenvalue weighted by atomic mass is 32.2. The number of amides is 2. The van der Waals surface area contributed by atoms with Crippen LogP contribution in [-0.4, -0.2) is 61.4 Å². The molecule has 13 nitrogen and oxygen atoms in total. The van der Waals surface area contributed by atoms with Crippen LogP contribution in [0.2, 0.25) is 0 Å². The summed E-state index contributed by atoms with van der Waals surface area (Å²) in [6.07, 6.45) is -0.279. The normalized spacial score (nSPS) is 10.9. The van der Waals surface area contributed by atoms with Crippen LogP contribution in [0.1, 0.15) is 33.5 Å². The van der Waals surface area contributed by atoms with Crippen molar-refractivity contribution in [1.29, 1.82) is 0 Å². The van der Waals surface area contributed by atoms with Crippen molar-refractivity contribution < 1.29 is 34.1 Å². The van der Waals surface area contributed by atoms with Crippen molar-refractivity contribution >= 4 is 46.0 Å². The molecule has 6 aromatic rings. The molecule has 5 aromatic carbocycles. The minimum absolute atomic E-state index is 0.0789. The Kier molecular flexibility index (Phi) is 11.0. The number of carboxylic acid groups (broad SMARTS) is 1. The largest absolute Gasteiger partial charge is 0.506 e. The van der Waals surface area contributed by atoms with E-state index >= 15 is 0 Å². The topological polar surface area (TPSA) is 178 Å². The lowest BCUT2D eigenvalue weighted by Gasteiger charge is -2.17. The molecule has 14 heteroatoms. The number of aromatic hydroxyl groups is 1. The molecule has 52 heavy (non-hydrogen) atoms. The number of para-hydroxylation sites is 1. The van der Waals surface area contributed by atoms with Crippen LogP contribution < -0.4 is 20.1 Å². The Hall–Kier alpha value is -6.41. The molecule has 0 aliphatic rings. The molecule has 2 amide bonds. The molecule has 4 N–H and O–H groups in total. The highest BCUT2D eigenvalue weighted by molar-refractivity contribution is 7.98. The first kappa shape index (κ1) is 35.4. The second kappa shape index (κ2) is 16.1. The van der Waals surface area contributed by atoms with Gasteiger partial charge in [0.05, 0.1) is 17.7 Å². The number of hydrogen-bond acceptors (Lipinski definition) is 10. The van der Waals surface area contributed by atoms with E-state index in [1.54, 1.807) is 47.1 Å². The van der Waals surface area contributed by atoms with Crippen LogP contribution in [0.15, 0.2) is 102 Å². The lowest BCUT2D eigenvalue weighted by molar-refractivity contribution is -0.136. The number of nitrogens with one attached hydrogen (secondary N) is 2. The van der Waals surface area contributed by atoms with E-state index in [1.165, 1.54) is 17.8 Å². The van der Waals surface area contributed by atoms with Gasteiger partial charge in [-0.2, -0.15) is 4.68 Å². The fourth-order valence-electron chi connectivity index (χ4n) is 5.39. The van der Waals surface area contributed by atoms with Crippen LogP contribution in [-0.2, 0) is 15.3 Å². The van der Waals surface area contributed by atoms with Crippen molar-refractivity contribution in [2.75, 3.05) is 18.5 Å². The molecule has 0 aliphatic carbocycles. The van der Waals surface area contributed by atoms with Gasteiger partial charge in [0.15, 0.2) is 6.61 Å². The van der Waals surface area contributed by atoms with E-state index in [1.807, 2.05) is 62.4 Å². The van der Waals surface area contributed by atoms with Gasteiger partial charge in [-0.1, -0.05) is 71.9 Å². The lowest BCUT2D eigenvalue weighted by atomic mass is 10.0. The minimum Gasteiger partial charge on any atom is -0.506 e. The standard InChI is InChI=1S/C38H34N6O7S/c1-23-12-14-31(24(2)18-23)50-21-34(45)40-26-13-15-32(25(19-26)22-52-38-41-42-43-44(38)27-8-4-3-5-9-27)51-33-20-30(37(49)39-17-16-35(46)47)36(48)29-11-7-6-10-28(29)33/h3-15,18-20,48H,16-17,21-22H2,1-2H3,(H,39,49)(H,40,45)(H,46,47). The zero-order valence-electron chi connectivity index (χ0n) is 28.2. The molecule has 0 spiro atoms. The van der Waals surface area contributed by atoms with Crippen LogP contribution in [0.4, 0.5) is 5.69 Å². The molecule has 1 heterocycles. The predicted octanol–water partition coefficient (Wildman–Crippen LogP) is 6.44. The summed E-state index contributed by atoms with van der Waals surface area (Å²) in [6.45, 7) is 3.58. The highest BCUT2D eigenvalue weighted by Crippen LogP contribution is 2.40. The number of carbonyl (C=O) groups excluding carboxylic acids is 2. The number of phenols is 1. The fourth-order valence-corrected chi connectivity index (χ4v) is 6.26. The maximum absolute atomic E-state index is 13.1. The number of thioether (sulfide) groups is 1. The molecule has 264 valence electrons. The van der Waals surface area contributed by atoms with Gasteiger partial charge in [0.1, 0.15) is 23.0 Å².